The molecule has 4 rings (SSSR count). The molecule has 0 radical (unpaired) electrons. The Kier molecular flexibility index (Phi) is 5.41. The minimum atomic E-state index is 0.0632. The van der Waals surface area contributed by atoms with Gasteiger partial charge in [-0.15, -0.1) is 0 Å². The summed E-state index contributed by atoms with van der Waals surface area (Å²) in [6.07, 6.45) is 1.80. The third-order valence-corrected chi connectivity index (χ3v) is 5.40. The molecule has 0 aliphatic heterocycles. The lowest BCUT2D eigenvalue weighted by atomic mass is 9.89. The predicted octanol–water partition coefficient (Wildman–Crippen LogP) is 4.16. The molecule has 3 aromatic rings. The Bertz CT molecular complexity index is 965. The van der Waals surface area contributed by atoms with Crippen LogP contribution >= 0.6 is 11.6 Å². The first-order valence-corrected chi connectivity index (χ1v) is 9.52. The Hall–Kier alpha value is -2.70. The van der Waals surface area contributed by atoms with Crippen molar-refractivity contribution in [2.45, 2.75) is 38.5 Å². The monoisotopic (exact) mass is 397 g/mol. The number of nitrogens with zero attached hydrogens (tertiary/aromatic N) is 2. The van der Waals surface area contributed by atoms with E-state index in [1.807, 2.05) is 49.4 Å². The van der Waals surface area contributed by atoms with E-state index in [1.54, 1.807) is 0 Å². The quantitative estimate of drug-likeness (QED) is 0.603. The summed E-state index contributed by atoms with van der Waals surface area (Å²) in [4.78, 5) is 14.8. The predicted molar refractivity (Wildman–Crippen MR) is 106 cm³/mol. The lowest BCUT2D eigenvalue weighted by molar-refractivity contribution is -0.138. The van der Waals surface area contributed by atoms with Gasteiger partial charge in [-0.05, 0) is 43.0 Å². The van der Waals surface area contributed by atoms with Crippen molar-refractivity contribution in [1.29, 1.82) is 0 Å². The zero-order valence-corrected chi connectivity index (χ0v) is 16.1. The number of aryl methyl sites for hydroxylation is 1. The Balaban J connectivity index is 1.37. The highest BCUT2D eigenvalue weighted by Crippen LogP contribution is 2.27. The molecule has 7 heteroatoms. The summed E-state index contributed by atoms with van der Waals surface area (Å²) in [6, 6.07) is 14.1. The molecule has 2 aromatic carbocycles. The number of benzene rings is 2. The number of rotatable bonds is 7. The van der Waals surface area contributed by atoms with E-state index >= 15 is 0 Å². The number of hydrogen-bond donors (Lipinski definition) is 1. The summed E-state index contributed by atoms with van der Waals surface area (Å²) in [6.45, 7) is 3.23. The fourth-order valence-corrected chi connectivity index (χ4v) is 3.32. The minimum absolute atomic E-state index is 0.0632. The first-order chi connectivity index (χ1) is 13.6. The van der Waals surface area contributed by atoms with Gasteiger partial charge in [0.15, 0.2) is 0 Å². The van der Waals surface area contributed by atoms with Crippen LogP contribution in [0.2, 0.25) is 5.02 Å². The summed E-state index contributed by atoms with van der Waals surface area (Å²) in [7, 11) is 0. The van der Waals surface area contributed by atoms with Gasteiger partial charge in [-0.2, -0.15) is 4.98 Å². The van der Waals surface area contributed by atoms with E-state index < -0.39 is 0 Å². The molecular formula is C21H20ClN3O3. The van der Waals surface area contributed by atoms with Gasteiger partial charge in [0.1, 0.15) is 6.10 Å². The van der Waals surface area contributed by atoms with Crippen LogP contribution in [0, 0.1) is 6.92 Å². The molecule has 6 nitrogen and oxygen atoms in total. The molecule has 0 spiro atoms. The maximum atomic E-state index is 10.3. The molecule has 28 heavy (non-hydrogen) atoms. The molecule has 1 aliphatic carbocycles. The van der Waals surface area contributed by atoms with E-state index in [9.17, 15) is 4.79 Å². The van der Waals surface area contributed by atoms with Gasteiger partial charge in [0, 0.05) is 28.7 Å². The topological polar surface area (TPSA) is 77.3 Å². The molecule has 1 aromatic heterocycles. The lowest BCUT2D eigenvalue weighted by Crippen LogP contribution is -2.44. The van der Waals surface area contributed by atoms with Crippen LogP contribution in [0.25, 0.3) is 22.8 Å². The van der Waals surface area contributed by atoms with Crippen molar-refractivity contribution < 1.29 is 14.1 Å². The number of carbonyl (C=O) groups is 1. The zero-order chi connectivity index (χ0) is 19.5. The van der Waals surface area contributed by atoms with E-state index in [-0.39, 0.29) is 6.10 Å². The van der Waals surface area contributed by atoms with E-state index in [0.717, 1.165) is 41.6 Å². The van der Waals surface area contributed by atoms with Crippen molar-refractivity contribution in [1.82, 2.24) is 15.5 Å². The number of carbonyl (C=O) groups excluding carboxylic acids is 1. The van der Waals surface area contributed by atoms with Crippen LogP contribution in [0.5, 0.6) is 0 Å². The average Bonchev–Trinajstić information content (AvgIpc) is 3.16. The lowest BCUT2D eigenvalue weighted by Gasteiger charge is -2.34. The minimum Gasteiger partial charge on any atom is -0.464 e. The molecule has 0 bridgehead atoms. The zero-order valence-electron chi connectivity index (χ0n) is 15.4. The van der Waals surface area contributed by atoms with Crippen molar-refractivity contribution >= 4 is 18.1 Å². The smallest absolute Gasteiger partial charge is 0.293 e. The van der Waals surface area contributed by atoms with Crippen molar-refractivity contribution in [2.75, 3.05) is 0 Å². The molecule has 0 saturated heterocycles. The van der Waals surface area contributed by atoms with E-state index in [0.29, 0.717) is 29.3 Å². The largest absolute Gasteiger partial charge is 0.464 e. The molecule has 1 fully saturated rings. The first-order valence-electron chi connectivity index (χ1n) is 9.14. The molecule has 1 N–H and O–H groups in total. The van der Waals surface area contributed by atoms with Gasteiger partial charge in [0.25, 0.3) is 12.4 Å². The molecule has 0 unspecified atom stereocenters. The average molecular weight is 398 g/mol. The summed E-state index contributed by atoms with van der Waals surface area (Å²) >= 11 is 6.18. The number of hydrogen-bond acceptors (Lipinski definition) is 6. The number of halogens is 1. The molecule has 0 atom stereocenters. The Labute approximate surface area is 167 Å². The standard InChI is InChI=1S/C21H20ClN3O3/c1-13-2-5-16(8-19(13)22)21-24-20(25-28-21)15-6-3-14(4-7-15)11-23-17-9-18(10-17)27-12-26/h2-8,12,17-18,23H,9-11H2,1H3. The van der Waals surface area contributed by atoms with E-state index in [4.69, 9.17) is 20.9 Å². The summed E-state index contributed by atoms with van der Waals surface area (Å²) in [5.41, 5.74) is 3.85. The maximum Gasteiger partial charge on any atom is 0.293 e. The number of ether oxygens (including phenoxy) is 1. The van der Waals surface area contributed by atoms with Gasteiger partial charge in [0.05, 0.1) is 0 Å². The molecule has 144 valence electrons. The molecular weight excluding hydrogens is 378 g/mol. The Morgan fingerprint density at radius 1 is 1.21 bits per heavy atom. The SMILES string of the molecule is Cc1ccc(-c2nc(-c3ccc(CNC4CC(OC=O)C4)cc3)no2)cc1Cl. The molecule has 1 aliphatic rings. The second-order valence-electron chi connectivity index (χ2n) is 6.99. The van der Waals surface area contributed by atoms with Crippen LogP contribution < -0.4 is 5.32 Å². The van der Waals surface area contributed by atoms with Crippen LogP contribution in [-0.2, 0) is 16.1 Å². The van der Waals surface area contributed by atoms with Crippen LogP contribution in [0.15, 0.2) is 47.0 Å². The van der Waals surface area contributed by atoms with Crippen LogP contribution in [0.1, 0.15) is 24.0 Å². The molecule has 1 heterocycles. The third kappa shape index (κ3) is 4.08. The first kappa shape index (κ1) is 18.7. The summed E-state index contributed by atoms with van der Waals surface area (Å²) in [5.74, 6) is 0.985. The maximum absolute atomic E-state index is 10.3. The van der Waals surface area contributed by atoms with E-state index in [2.05, 4.69) is 15.5 Å². The normalized spacial score (nSPS) is 18.5. The van der Waals surface area contributed by atoms with Gasteiger partial charge in [-0.25, -0.2) is 0 Å². The highest BCUT2D eigenvalue weighted by molar-refractivity contribution is 6.31. The third-order valence-electron chi connectivity index (χ3n) is 4.99. The van der Waals surface area contributed by atoms with Gasteiger partial charge in [0.2, 0.25) is 5.82 Å². The van der Waals surface area contributed by atoms with Gasteiger partial charge in [-0.1, -0.05) is 47.1 Å². The van der Waals surface area contributed by atoms with Crippen molar-refractivity contribution in [2.24, 2.45) is 0 Å². The highest BCUT2D eigenvalue weighted by Gasteiger charge is 2.29. The number of nitrogens with one attached hydrogen (secondary N) is 1. The Morgan fingerprint density at radius 2 is 1.96 bits per heavy atom. The van der Waals surface area contributed by atoms with E-state index in [1.165, 1.54) is 0 Å². The number of aromatic nitrogens is 2. The molecule has 1 saturated carbocycles. The fourth-order valence-electron chi connectivity index (χ4n) is 3.14. The van der Waals surface area contributed by atoms with Crippen LogP contribution in [0.3, 0.4) is 0 Å². The summed E-state index contributed by atoms with van der Waals surface area (Å²) < 4.78 is 10.3. The second-order valence-corrected chi connectivity index (χ2v) is 7.39. The van der Waals surface area contributed by atoms with Gasteiger partial charge >= 0.3 is 0 Å². The van der Waals surface area contributed by atoms with Crippen molar-refractivity contribution in [3.05, 3.63) is 58.6 Å². The Morgan fingerprint density at radius 3 is 2.68 bits per heavy atom. The summed E-state index contributed by atoms with van der Waals surface area (Å²) in [5, 5.41) is 8.21. The van der Waals surface area contributed by atoms with Crippen molar-refractivity contribution in [3.8, 4) is 22.8 Å². The second kappa shape index (κ2) is 8.12. The highest BCUT2D eigenvalue weighted by atomic mass is 35.5. The van der Waals surface area contributed by atoms with Gasteiger partial charge < -0.3 is 14.6 Å². The van der Waals surface area contributed by atoms with Gasteiger partial charge in [-0.3, -0.25) is 4.79 Å². The molecule has 0 amide bonds. The fraction of sp³-hybridized carbons (Fsp3) is 0.286. The van der Waals surface area contributed by atoms with Crippen LogP contribution in [-0.4, -0.2) is 28.8 Å². The van der Waals surface area contributed by atoms with Crippen LogP contribution in [0.4, 0.5) is 0 Å². The van der Waals surface area contributed by atoms with Crippen molar-refractivity contribution in [3.63, 3.8) is 0 Å².